The highest BCUT2D eigenvalue weighted by Crippen LogP contribution is 2.20. The fraction of sp³-hybridized carbons (Fsp3) is 0.286. The molecule has 7 nitrogen and oxygen atoms in total. The number of aromatic nitrogens is 1. The number of nitrogen functional groups attached to an aromatic ring is 1. The lowest BCUT2D eigenvalue weighted by Crippen LogP contribution is -2.23. The van der Waals surface area contributed by atoms with E-state index >= 15 is 0 Å². The zero-order valence-electron chi connectivity index (χ0n) is 11.9. The maximum atomic E-state index is 12.0. The van der Waals surface area contributed by atoms with E-state index in [4.69, 9.17) is 19.7 Å². The number of ether oxygens (including phenoxy) is 2. The predicted molar refractivity (Wildman–Crippen MR) is 75.8 cm³/mol. The van der Waals surface area contributed by atoms with Gasteiger partial charge in [0.1, 0.15) is 12.4 Å². The van der Waals surface area contributed by atoms with Crippen molar-refractivity contribution >= 4 is 11.6 Å². The molecule has 0 atom stereocenters. The number of methoxy groups -OCH3 is 2. The zero-order valence-corrected chi connectivity index (χ0v) is 11.9. The van der Waals surface area contributed by atoms with E-state index in [1.807, 2.05) is 0 Å². The topological polar surface area (TPSA) is 99.6 Å². The molecule has 0 aliphatic carbocycles. The smallest absolute Gasteiger partial charge is 0.273 e. The zero-order chi connectivity index (χ0) is 15.2. The highest BCUT2D eigenvalue weighted by molar-refractivity contribution is 5.92. The van der Waals surface area contributed by atoms with Crippen LogP contribution in [-0.4, -0.2) is 25.3 Å². The Morgan fingerprint density at radius 3 is 2.90 bits per heavy atom. The van der Waals surface area contributed by atoms with Crippen LogP contribution in [0.25, 0.3) is 0 Å². The first kappa shape index (κ1) is 14.9. The lowest BCUT2D eigenvalue weighted by Gasteiger charge is -2.09. The molecule has 0 fully saturated rings. The molecule has 0 aliphatic heterocycles. The van der Waals surface area contributed by atoms with Crippen molar-refractivity contribution in [1.82, 2.24) is 10.5 Å². The predicted octanol–water partition coefficient (Wildman–Crippen LogP) is 1.34. The number of carbonyl (C=O) groups is 1. The first-order valence-corrected chi connectivity index (χ1v) is 6.29. The number of nitrogens with zero attached hydrogens (tertiary/aromatic N) is 1. The summed E-state index contributed by atoms with van der Waals surface area (Å²) in [7, 11) is 3.10. The van der Waals surface area contributed by atoms with Crippen LogP contribution in [0.1, 0.15) is 21.8 Å². The van der Waals surface area contributed by atoms with Crippen molar-refractivity contribution in [3.63, 3.8) is 0 Å². The van der Waals surface area contributed by atoms with Gasteiger partial charge in [0.05, 0.1) is 7.11 Å². The van der Waals surface area contributed by atoms with E-state index < -0.39 is 0 Å². The summed E-state index contributed by atoms with van der Waals surface area (Å²) in [6.45, 7) is 0.544. The molecule has 112 valence electrons. The third-order valence-corrected chi connectivity index (χ3v) is 2.82. The number of nitrogens with two attached hydrogens (primary N) is 1. The summed E-state index contributed by atoms with van der Waals surface area (Å²) in [5.74, 6) is 0.805. The number of anilines is 1. The van der Waals surface area contributed by atoms with Crippen LogP contribution in [0, 0.1) is 0 Å². The molecule has 0 aliphatic rings. The number of rotatable bonds is 6. The summed E-state index contributed by atoms with van der Waals surface area (Å²) >= 11 is 0. The third-order valence-electron chi connectivity index (χ3n) is 2.82. The lowest BCUT2D eigenvalue weighted by molar-refractivity contribution is 0.0941. The fourth-order valence-corrected chi connectivity index (χ4v) is 1.83. The molecule has 2 aromatic rings. The molecule has 0 saturated heterocycles. The first-order valence-electron chi connectivity index (χ1n) is 6.29. The van der Waals surface area contributed by atoms with Crippen molar-refractivity contribution in [2.45, 2.75) is 13.2 Å². The summed E-state index contributed by atoms with van der Waals surface area (Å²) in [5, 5.41) is 6.42. The van der Waals surface area contributed by atoms with E-state index in [9.17, 15) is 4.79 Å². The maximum Gasteiger partial charge on any atom is 0.273 e. The highest BCUT2D eigenvalue weighted by atomic mass is 16.5. The molecule has 1 amide bonds. The minimum atomic E-state index is -0.342. The molecule has 0 unspecified atom stereocenters. The van der Waals surface area contributed by atoms with Gasteiger partial charge in [0, 0.05) is 31.0 Å². The van der Waals surface area contributed by atoms with Crippen LogP contribution < -0.4 is 15.8 Å². The van der Waals surface area contributed by atoms with Crippen LogP contribution in [0.3, 0.4) is 0 Å². The van der Waals surface area contributed by atoms with E-state index in [2.05, 4.69) is 10.5 Å². The van der Waals surface area contributed by atoms with Gasteiger partial charge in [-0.1, -0.05) is 5.16 Å². The molecule has 2 rings (SSSR count). The average molecular weight is 291 g/mol. The molecule has 1 aromatic heterocycles. The standard InChI is InChI=1S/C14H17N3O4/c1-19-8-11-6-12(17-21-11)14(18)16-7-9-5-10(15)3-4-13(9)20-2/h3-6H,7-8,15H2,1-2H3,(H,16,18). The number of nitrogens with one attached hydrogen (secondary N) is 1. The Morgan fingerprint density at radius 2 is 2.19 bits per heavy atom. The van der Waals surface area contributed by atoms with Gasteiger partial charge in [0.2, 0.25) is 0 Å². The number of amides is 1. The van der Waals surface area contributed by atoms with Gasteiger partial charge in [-0.15, -0.1) is 0 Å². The Bertz CT molecular complexity index is 624. The van der Waals surface area contributed by atoms with Gasteiger partial charge in [0.25, 0.3) is 5.91 Å². The number of hydrogen-bond acceptors (Lipinski definition) is 6. The van der Waals surface area contributed by atoms with Crippen LogP contribution >= 0.6 is 0 Å². The Kier molecular flexibility index (Phi) is 4.78. The summed E-state index contributed by atoms with van der Waals surface area (Å²) in [6, 6.07) is 6.77. The quantitative estimate of drug-likeness (QED) is 0.779. The van der Waals surface area contributed by atoms with Gasteiger partial charge < -0.3 is 25.0 Å². The monoisotopic (exact) mass is 291 g/mol. The van der Waals surface area contributed by atoms with E-state index in [0.717, 1.165) is 5.56 Å². The van der Waals surface area contributed by atoms with Crippen molar-refractivity contribution in [2.24, 2.45) is 0 Å². The molecule has 7 heteroatoms. The Hall–Kier alpha value is -2.54. The summed E-state index contributed by atoms with van der Waals surface area (Å²) in [6.07, 6.45) is 0. The molecule has 1 aromatic carbocycles. The van der Waals surface area contributed by atoms with Gasteiger partial charge in [-0.3, -0.25) is 4.79 Å². The minimum absolute atomic E-state index is 0.199. The van der Waals surface area contributed by atoms with Gasteiger partial charge in [0.15, 0.2) is 11.5 Å². The molecule has 21 heavy (non-hydrogen) atoms. The third kappa shape index (κ3) is 3.73. The summed E-state index contributed by atoms with van der Waals surface area (Å²) in [4.78, 5) is 12.0. The van der Waals surface area contributed by atoms with E-state index in [1.165, 1.54) is 13.2 Å². The van der Waals surface area contributed by atoms with Gasteiger partial charge in [-0.25, -0.2) is 0 Å². The van der Waals surface area contributed by atoms with Crippen molar-refractivity contribution in [2.75, 3.05) is 20.0 Å². The van der Waals surface area contributed by atoms with Crippen LogP contribution in [0.5, 0.6) is 5.75 Å². The van der Waals surface area contributed by atoms with Crippen molar-refractivity contribution in [1.29, 1.82) is 0 Å². The SMILES string of the molecule is COCc1cc(C(=O)NCc2cc(N)ccc2OC)no1. The van der Waals surface area contributed by atoms with Crippen LogP contribution in [-0.2, 0) is 17.9 Å². The molecule has 0 bridgehead atoms. The second-order valence-electron chi connectivity index (χ2n) is 4.37. The molecule has 0 spiro atoms. The second-order valence-corrected chi connectivity index (χ2v) is 4.37. The Labute approximate surface area is 122 Å². The molecule has 0 saturated carbocycles. The van der Waals surface area contributed by atoms with Crippen LogP contribution in [0.15, 0.2) is 28.8 Å². The molecular formula is C14H17N3O4. The van der Waals surface area contributed by atoms with Gasteiger partial charge >= 0.3 is 0 Å². The molecule has 1 heterocycles. The summed E-state index contributed by atoms with van der Waals surface area (Å²) < 4.78 is 15.1. The normalized spacial score (nSPS) is 10.4. The maximum absolute atomic E-state index is 12.0. The number of carbonyl (C=O) groups excluding carboxylic acids is 1. The van der Waals surface area contributed by atoms with Crippen molar-refractivity contribution < 1.29 is 18.8 Å². The minimum Gasteiger partial charge on any atom is -0.496 e. The van der Waals surface area contributed by atoms with Crippen LogP contribution in [0.4, 0.5) is 5.69 Å². The van der Waals surface area contributed by atoms with Gasteiger partial charge in [-0.2, -0.15) is 0 Å². The van der Waals surface area contributed by atoms with Gasteiger partial charge in [-0.05, 0) is 18.2 Å². The first-order chi connectivity index (χ1) is 10.1. The van der Waals surface area contributed by atoms with E-state index in [-0.39, 0.29) is 24.8 Å². The summed E-state index contributed by atoms with van der Waals surface area (Å²) in [5.41, 5.74) is 7.31. The fourth-order valence-electron chi connectivity index (χ4n) is 1.83. The molecular weight excluding hydrogens is 274 g/mol. The Balaban J connectivity index is 2.01. The lowest BCUT2D eigenvalue weighted by atomic mass is 10.1. The van der Waals surface area contributed by atoms with E-state index in [1.54, 1.807) is 25.3 Å². The Morgan fingerprint density at radius 1 is 1.38 bits per heavy atom. The average Bonchev–Trinajstić information content (AvgIpc) is 2.94. The van der Waals surface area contributed by atoms with E-state index in [0.29, 0.717) is 17.2 Å². The highest BCUT2D eigenvalue weighted by Gasteiger charge is 2.13. The van der Waals surface area contributed by atoms with Crippen molar-refractivity contribution in [3.05, 3.63) is 41.3 Å². The number of hydrogen-bond donors (Lipinski definition) is 2. The molecule has 3 N–H and O–H groups in total. The number of benzene rings is 1. The largest absolute Gasteiger partial charge is 0.496 e. The van der Waals surface area contributed by atoms with Crippen molar-refractivity contribution in [3.8, 4) is 5.75 Å². The second kappa shape index (κ2) is 6.76. The van der Waals surface area contributed by atoms with Crippen LogP contribution in [0.2, 0.25) is 0 Å². The molecule has 0 radical (unpaired) electrons.